The molecule has 0 aliphatic carbocycles. The van der Waals surface area contributed by atoms with E-state index < -0.39 is 48.2 Å². The number of nitrogens with zero attached hydrogens (tertiary/aromatic N) is 1. The van der Waals surface area contributed by atoms with E-state index in [1.54, 1.807) is 0 Å². The van der Waals surface area contributed by atoms with E-state index in [0.29, 0.717) is 18.9 Å². The Morgan fingerprint density at radius 1 is 1.13 bits per heavy atom. The highest BCUT2D eigenvalue weighted by molar-refractivity contribution is 7.91. The summed E-state index contributed by atoms with van der Waals surface area (Å²) in [6.45, 7) is 1.55. The second kappa shape index (κ2) is 9.85. The molecule has 1 aromatic heterocycles. The standard InChI is InChI=1S/C19H21ClF3NO5S2/c1-3-5-17(18-16(20)11-15(12-24-18)30(2,25)26)29-8-9-31(27,28)14-7-4-6-13(10-14)19(21,22)23/h4,6-7,10-12,17H,3,5,8-9H2,1-2H3. The van der Waals surface area contributed by atoms with Crippen molar-refractivity contribution in [2.45, 2.75) is 41.8 Å². The van der Waals surface area contributed by atoms with Crippen molar-refractivity contribution in [1.82, 2.24) is 4.98 Å². The van der Waals surface area contributed by atoms with Crippen LogP contribution in [0.2, 0.25) is 5.02 Å². The van der Waals surface area contributed by atoms with Crippen LogP contribution in [0, 0.1) is 0 Å². The number of pyridine rings is 1. The fraction of sp³-hybridized carbons (Fsp3) is 0.421. The number of aromatic nitrogens is 1. The van der Waals surface area contributed by atoms with Crippen LogP contribution < -0.4 is 0 Å². The van der Waals surface area contributed by atoms with Gasteiger partial charge in [-0.05, 0) is 30.7 Å². The van der Waals surface area contributed by atoms with Gasteiger partial charge in [-0.25, -0.2) is 16.8 Å². The van der Waals surface area contributed by atoms with Gasteiger partial charge in [0, 0.05) is 12.5 Å². The molecule has 172 valence electrons. The maximum atomic E-state index is 12.8. The van der Waals surface area contributed by atoms with Gasteiger partial charge in [0.1, 0.15) is 6.10 Å². The van der Waals surface area contributed by atoms with Crippen molar-refractivity contribution >= 4 is 31.3 Å². The Balaban J connectivity index is 2.16. The van der Waals surface area contributed by atoms with E-state index in [-0.39, 0.29) is 22.2 Å². The summed E-state index contributed by atoms with van der Waals surface area (Å²) in [7, 11) is -7.54. The molecule has 0 saturated heterocycles. The van der Waals surface area contributed by atoms with Gasteiger partial charge in [-0.2, -0.15) is 13.2 Å². The van der Waals surface area contributed by atoms with Crippen LogP contribution >= 0.6 is 11.6 Å². The highest BCUT2D eigenvalue weighted by Gasteiger charge is 2.31. The number of sulfone groups is 2. The van der Waals surface area contributed by atoms with Gasteiger partial charge >= 0.3 is 6.18 Å². The summed E-state index contributed by atoms with van der Waals surface area (Å²) in [5.74, 6) is -0.548. The second-order valence-electron chi connectivity index (χ2n) is 6.80. The fourth-order valence-corrected chi connectivity index (χ4v) is 4.79. The highest BCUT2D eigenvalue weighted by Crippen LogP contribution is 2.31. The molecule has 0 amide bonds. The van der Waals surface area contributed by atoms with Gasteiger partial charge < -0.3 is 4.74 Å². The quantitative estimate of drug-likeness (QED) is 0.505. The zero-order valence-corrected chi connectivity index (χ0v) is 19.1. The molecule has 2 aromatic rings. The number of benzene rings is 1. The third-order valence-corrected chi connectivity index (χ3v) is 7.38. The minimum Gasteiger partial charge on any atom is -0.371 e. The lowest BCUT2D eigenvalue weighted by Crippen LogP contribution is -2.17. The van der Waals surface area contributed by atoms with Gasteiger partial charge in [-0.3, -0.25) is 4.98 Å². The van der Waals surface area contributed by atoms with E-state index in [2.05, 4.69) is 4.98 Å². The summed E-state index contributed by atoms with van der Waals surface area (Å²) in [5, 5.41) is 0.0575. The SMILES string of the molecule is CCCC(OCCS(=O)(=O)c1cccc(C(F)(F)F)c1)c1ncc(S(C)(=O)=O)cc1Cl. The zero-order chi connectivity index (χ0) is 23.4. The zero-order valence-electron chi connectivity index (χ0n) is 16.7. The van der Waals surface area contributed by atoms with Gasteiger partial charge in [0.15, 0.2) is 19.7 Å². The van der Waals surface area contributed by atoms with E-state index in [1.807, 2.05) is 6.92 Å². The topological polar surface area (TPSA) is 90.4 Å². The van der Waals surface area contributed by atoms with Crippen LogP contribution in [0.15, 0.2) is 46.3 Å². The molecular weight excluding hydrogens is 479 g/mol. The maximum absolute atomic E-state index is 12.8. The molecule has 0 fully saturated rings. The van der Waals surface area contributed by atoms with E-state index in [4.69, 9.17) is 16.3 Å². The third-order valence-electron chi connectivity index (χ3n) is 4.32. The molecule has 1 atom stereocenters. The summed E-state index contributed by atoms with van der Waals surface area (Å²) in [6, 6.07) is 4.74. The van der Waals surface area contributed by atoms with Gasteiger partial charge in [0.25, 0.3) is 0 Å². The van der Waals surface area contributed by atoms with E-state index in [9.17, 15) is 30.0 Å². The average molecular weight is 500 g/mol. The lowest BCUT2D eigenvalue weighted by atomic mass is 10.1. The van der Waals surface area contributed by atoms with Crippen LogP contribution in [0.1, 0.15) is 37.1 Å². The van der Waals surface area contributed by atoms with Crippen LogP contribution in [-0.2, 0) is 30.6 Å². The number of rotatable bonds is 9. The van der Waals surface area contributed by atoms with Crippen molar-refractivity contribution in [3.05, 3.63) is 52.8 Å². The molecule has 2 rings (SSSR count). The smallest absolute Gasteiger partial charge is 0.371 e. The van der Waals surface area contributed by atoms with Crippen LogP contribution in [0.25, 0.3) is 0 Å². The first-order valence-corrected chi connectivity index (χ1v) is 13.0. The Labute approximate surface area is 184 Å². The molecule has 1 unspecified atom stereocenters. The van der Waals surface area contributed by atoms with Crippen LogP contribution in [0.5, 0.6) is 0 Å². The minimum absolute atomic E-state index is 0.0575. The van der Waals surface area contributed by atoms with Crippen molar-refractivity contribution in [3.63, 3.8) is 0 Å². The molecule has 31 heavy (non-hydrogen) atoms. The van der Waals surface area contributed by atoms with Gasteiger partial charge in [-0.1, -0.05) is 31.0 Å². The van der Waals surface area contributed by atoms with Crippen molar-refractivity contribution in [2.24, 2.45) is 0 Å². The Morgan fingerprint density at radius 2 is 1.81 bits per heavy atom. The Morgan fingerprint density at radius 3 is 2.35 bits per heavy atom. The first-order valence-electron chi connectivity index (χ1n) is 9.13. The number of alkyl halides is 3. The molecule has 0 aliphatic rings. The van der Waals surface area contributed by atoms with Crippen molar-refractivity contribution in [1.29, 1.82) is 0 Å². The minimum atomic E-state index is -4.66. The summed E-state index contributed by atoms with van der Waals surface area (Å²) >= 11 is 6.16. The monoisotopic (exact) mass is 499 g/mol. The molecule has 0 N–H and O–H groups in total. The molecule has 0 radical (unpaired) electrons. The molecule has 6 nitrogen and oxygen atoms in total. The van der Waals surface area contributed by atoms with Gasteiger partial charge in [0.2, 0.25) is 0 Å². The summed E-state index contributed by atoms with van der Waals surface area (Å²) < 4.78 is 92.3. The maximum Gasteiger partial charge on any atom is 0.416 e. The number of hydrogen-bond donors (Lipinski definition) is 0. The normalized spacial score (nSPS) is 13.9. The first-order chi connectivity index (χ1) is 14.3. The van der Waals surface area contributed by atoms with Gasteiger partial charge in [-0.15, -0.1) is 0 Å². The third kappa shape index (κ3) is 6.90. The van der Waals surface area contributed by atoms with Crippen LogP contribution in [0.4, 0.5) is 13.2 Å². The van der Waals surface area contributed by atoms with Crippen molar-refractivity contribution < 1.29 is 34.7 Å². The van der Waals surface area contributed by atoms with Crippen molar-refractivity contribution in [2.75, 3.05) is 18.6 Å². The summed E-state index contributed by atoms with van der Waals surface area (Å²) in [4.78, 5) is 3.55. The molecule has 0 bridgehead atoms. The molecule has 1 heterocycles. The average Bonchev–Trinajstić information content (AvgIpc) is 2.66. The predicted octanol–water partition coefficient (Wildman–Crippen LogP) is 4.49. The first kappa shape index (κ1) is 25.6. The van der Waals surface area contributed by atoms with E-state index >= 15 is 0 Å². The lowest BCUT2D eigenvalue weighted by molar-refractivity contribution is -0.137. The van der Waals surface area contributed by atoms with Crippen LogP contribution in [0.3, 0.4) is 0 Å². The Kier molecular flexibility index (Phi) is 8.12. The summed E-state index contributed by atoms with van der Waals surface area (Å²) in [5.41, 5.74) is -0.798. The lowest BCUT2D eigenvalue weighted by Gasteiger charge is -2.18. The molecule has 1 aromatic carbocycles. The highest BCUT2D eigenvalue weighted by atomic mass is 35.5. The molecule has 0 aliphatic heterocycles. The Hall–Kier alpha value is -1.69. The van der Waals surface area contributed by atoms with E-state index in [1.165, 1.54) is 6.07 Å². The number of halogens is 4. The predicted molar refractivity (Wildman–Crippen MR) is 109 cm³/mol. The number of hydrogen-bond acceptors (Lipinski definition) is 6. The Bertz CT molecular complexity index is 1140. The van der Waals surface area contributed by atoms with Gasteiger partial charge in [0.05, 0.1) is 38.4 Å². The van der Waals surface area contributed by atoms with Crippen LogP contribution in [-0.4, -0.2) is 40.4 Å². The van der Waals surface area contributed by atoms with E-state index in [0.717, 1.165) is 30.7 Å². The second-order valence-corrected chi connectivity index (χ2v) is 11.3. The molecule has 12 heteroatoms. The largest absolute Gasteiger partial charge is 0.416 e. The fourth-order valence-electron chi connectivity index (χ4n) is 2.72. The molecule has 0 spiro atoms. The van der Waals surface area contributed by atoms with Crippen molar-refractivity contribution in [3.8, 4) is 0 Å². The molecular formula is C19H21ClF3NO5S2. The molecule has 0 saturated carbocycles. The summed E-state index contributed by atoms with van der Waals surface area (Å²) in [6.07, 6.45) is -2.15. The number of ether oxygens (including phenoxy) is 1.